The van der Waals surface area contributed by atoms with Gasteiger partial charge in [0.15, 0.2) is 0 Å². The van der Waals surface area contributed by atoms with Crippen molar-refractivity contribution in [2.45, 2.75) is 32.6 Å². The zero-order valence-corrected chi connectivity index (χ0v) is 10.8. The number of anilines is 1. The van der Waals surface area contributed by atoms with Crippen LogP contribution in [-0.2, 0) is 0 Å². The highest BCUT2D eigenvalue weighted by Crippen LogP contribution is 2.27. The van der Waals surface area contributed by atoms with E-state index in [0.29, 0.717) is 5.92 Å². The number of hydrogen-bond acceptors (Lipinski definition) is 5. The van der Waals surface area contributed by atoms with Crippen LogP contribution in [0.3, 0.4) is 0 Å². The predicted molar refractivity (Wildman–Crippen MR) is 68.0 cm³/mol. The van der Waals surface area contributed by atoms with Crippen molar-refractivity contribution >= 4 is 16.7 Å². The molecule has 1 aliphatic heterocycles. The summed E-state index contributed by atoms with van der Waals surface area (Å²) in [4.78, 5) is 6.94. The van der Waals surface area contributed by atoms with Gasteiger partial charge in [-0.1, -0.05) is 13.8 Å². The monoisotopic (exact) mass is 240 g/mol. The fraction of sp³-hybridized carbons (Fsp3) is 0.818. The first-order chi connectivity index (χ1) is 7.70. The number of nitrogens with zero attached hydrogens (tertiary/aromatic N) is 3. The average Bonchev–Trinajstić information content (AvgIpc) is 2.84. The molecule has 0 spiro atoms. The maximum absolute atomic E-state index is 5.59. The number of rotatable bonds is 4. The van der Waals surface area contributed by atoms with Gasteiger partial charge >= 0.3 is 0 Å². The lowest BCUT2D eigenvalue weighted by Crippen LogP contribution is -2.20. The minimum Gasteiger partial charge on any atom is -0.347 e. The van der Waals surface area contributed by atoms with E-state index in [1.807, 2.05) is 0 Å². The van der Waals surface area contributed by atoms with Crippen molar-refractivity contribution in [3.63, 3.8) is 0 Å². The standard InChI is InChI=1S/C11H20N4S/c1-8(2)10-13-11(16-14-10)15-6-4-9(7-15)3-5-12/h8-9H,3-7,12H2,1-2H3. The SMILES string of the molecule is CC(C)c1nsc(N2CCC(CCN)C2)n1. The van der Waals surface area contributed by atoms with Gasteiger partial charge in [0.05, 0.1) is 0 Å². The van der Waals surface area contributed by atoms with E-state index >= 15 is 0 Å². The summed E-state index contributed by atoms with van der Waals surface area (Å²) in [7, 11) is 0. The Balaban J connectivity index is 1.97. The van der Waals surface area contributed by atoms with Gasteiger partial charge in [-0.15, -0.1) is 0 Å². The lowest BCUT2D eigenvalue weighted by atomic mass is 10.1. The largest absolute Gasteiger partial charge is 0.347 e. The van der Waals surface area contributed by atoms with Gasteiger partial charge in [-0.05, 0) is 25.3 Å². The van der Waals surface area contributed by atoms with Crippen molar-refractivity contribution in [3.8, 4) is 0 Å². The first-order valence-electron chi connectivity index (χ1n) is 5.99. The number of hydrogen-bond donors (Lipinski definition) is 1. The zero-order chi connectivity index (χ0) is 11.5. The molecule has 1 unspecified atom stereocenters. The number of aromatic nitrogens is 2. The normalized spacial score (nSPS) is 21.0. The van der Waals surface area contributed by atoms with Gasteiger partial charge in [0.2, 0.25) is 5.13 Å². The van der Waals surface area contributed by atoms with Gasteiger partial charge in [-0.25, -0.2) is 4.98 Å². The predicted octanol–water partition coefficient (Wildman–Crippen LogP) is 1.84. The van der Waals surface area contributed by atoms with E-state index in [2.05, 4.69) is 28.1 Å². The summed E-state index contributed by atoms with van der Waals surface area (Å²) in [5, 5.41) is 1.09. The topological polar surface area (TPSA) is 55.0 Å². The molecule has 1 aromatic heterocycles. The molecule has 0 aliphatic carbocycles. The maximum Gasteiger partial charge on any atom is 0.205 e. The lowest BCUT2D eigenvalue weighted by Gasteiger charge is -2.13. The van der Waals surface area contributed by atoms with Crippen LogP contribution in [0.25, 0.3) is 0 Å². The summed E-state index contributed by atoms with van der Waals surface area (Å²) in [5.41, 5.74) is 5.59. The van der Waals surface area contributed by atoms with E-state index in [1.54, 1.807) is 0 Å². The van der Waals surface area contributed by atoms with Gasteiger partial charge in [0.25, 0.3) is 0 Å². The lowest BCUT2D eigenvalue weighted by molar-refractivity contribution is 0.546. The van der Waals surface area contributed by atoms with Crippen molar-refractivity contribution in [2.75, 3.05) is 24.5 Å². The Morgan fingerprint density at radius 2 is 2.38 bits per heavy atom. The Hall–Kier alpha value is -0.680. The van der Waals surface area contributed by atoms with E-state index < -0.39 is 0 Å². The summed E-state index contributed by atoms with van der Waals surface area (Å²) in [6.07, 6.45) is 2.38. The Labute approximate surface area is 101 Å². The molecule has 2 N–H and O–H groups in total. The Kier molecular flexibility index (Phi) is 3.76. The third-order valence-electron chi connectivity index (χ3n) is 3.08. The molecule has 1 aliphatic rings. The van der Waals surface area contributed by atoms with Crippen molar-refractivity contribution < 1.29 is 0 Å². The van der Waals surface area contributed by atoms with Crippen molar-refractivity contribution in [3.05, 3.63) is 5.82 Å². The summed E-state index contributed by atoms with van der Waals surface area (Å²) in [5.74, 6) is 2.14. The molecule has 1 aromatic rings. The summed E-state index contributed by atoms with van der Waals surface area (Å²) >= 11 is 1.53. The Morgan fingerprint density at radius 3 is 3.00 bits per heavy atom. The Bertz CT molecular complexity index is 336. The highest BCUT2D eigenvalue weighted by Gasteiger charge is 2.24. The molecule has 0 aromatic carbocycles. The van der Waals surface area contributed by atoms with Gasteiger partial charge < -0.3 is 10.6 Å². The molecule has 4 nitrogen and oxygen atoms in total. The van der Waals surface area contributed by atoms with Crippen LogP contribution in [0.4, 0.5) is 5.13 Å². The second kappa shape index (κ2) is 5.10. The molecular weight excluding hydrogens is 220 g/mol. The summed E-state index contributed by atoms with van der Waals surface area (Å²) < 4.78 is 4.40. The molecule has 2 heterocycles. The second-order valence-electron chi connectivity index (χ2n) is 4.77. The van der Waals surface area contributed by atoms with Crippen LogP contribution < -0.4 is 10.6 Å². The highest BCUT2D eigenvalue weighted by molar-refractivity contribution is 7.09. The molecule has 0 saturated carbocycles. The quantitative estimate of drug-likeness (QED) is 0.872. The van der Waals surface area contributed by atoms with Crippen LogP contribution in [0, 0.1) is 5.92 Å². The third kappa shape index (κ3) is 2.52. The molecule has 0 amide bonds. The molecule has 0 bridgehead atoms. The van der Waals surface area contributed by atoms with E-state index in [0.717, 1.165) is 42.9 Å². The molecule has 1 fully saturated rings. The minimum atomic E-state index is 0.424. The minimum absolute atomic E-state index is 0.424. The fourth-order valence-electron chi connectivity index (χ4n) is 2.07. The maximum atomic E-state index is 5.59. The van der Waals surface area contributed by atoms with Gasteiger partial charge in [-0.3, -0.25) is 0 Å². The molecular formula is C11H20N4S. The zero-order valence-electron chi connectivity index (χ0n) is 10.0. The van der Waals surface area contributed by atoms with E-state index in [1.165, 1.54) is 18.0 Å². The van der Waals surface area contributed by atoms with Crippen molar-refractivity contribution in [2.24, 2.45) is 11.7 Å². The Morgan fingerprint density at radius 1 is 1.56 bits per heavy atom. The van der Waals surface area contributed by atoms with Crippen LogP contribution >= 0.6 is 11.5 Å². The first-order valence-corrected chi connectivity index (χ1v) is 6.76. The third-order valence-corrected chi connectivity index (χ3v) is 3.87. The fourth-order valence-corrected chi connectivity index (χ4v) is 2.91. The van der Waals surface area contributed by atoms with Gasteiger partial charge in [-0.2, -0.15) is 4.37 Å². The number of nitrogens with two attached hydrogens (primary N) is 1. The molecule has 1 saturated heterocycles. The van der Waals surface area contributed by atoms with Crippen LogP contribution in [0.2, 0.25) is 0 Å². The van der Waals surface area contributed by atoms with Crippen LogP contribution in [-0.4, -0.2) is 29.0 Å². The molecule has 0 radical (unpaired) electrons. The van der Waals surface area contributed by atoms with Crippen LogP contribution in [0.15, 0.2) is 0 Å². The van der Waals surface area contributed by atoms with Crippen LogP contribution in [0.1, 0.15) is 38.4 Å². The van der Waals surface area contributed by atoms with Crippen LogP contribution in [0.5, 0.6) is 0 Å². The van der Waals surface area contributed by atoms with Gasteiger partial charge in [0.1, 0.15) is 5.82 Å². The van der Waals surface area contributed by atoms with E-state index in [-0.39, 0.29) is 0 Å². The van der Waals surface area contributed by atoms with E-state index in [4.69, 9.17) is 5.73 Å². The summed E-state index contributed by atoms with van der Waals surface area (Å²) in [6, 6.07) is 0. The molecule has 16 heavy (non-hydrogen) atoms. The molecule has 1 atom stereocenters. The van der Waals surface area contributed by atoms with Crippen molar-refractivity contribution in [1.29, 1.82) is 0 Å². The first kappa shape index (κ1) is 11.8. The van der Waals surface area contributed by atoms with Gasteiger partial charge in [0, 0.05) is 30.5 Å². The van der Waals surface area contributed by atoms with E-state index in [9.17, 15) is 0 Å². The second-order valence-corrected chi connectivity index (χ2v) is 5.50. The molecule has 5 heteroatoms. The smallest absolute Gasteiger partial charge is 0.205 e. The van der Waals surface area contributed by atoms with Crippen molar-refractivity contribution in [1.82, 2.24) is 9.36 Å². The highest BCUT2D eigenvalue weighted by atomic mass is 32.1. The molecule has 90 valence electrons. The summed E-state index contributed by atoms with van der Waals surface area (Å²) in [6.45, 7) is 7.27. The molecule has 2 rings (SSSR count). The average molecular weight is 240 g/mol.